The lowest BCUT2D eigenvalue weighted by Gasteiger charge is -2.33. The minimum Gasteiger partial charge on any atom is -0.371 e. The standard InChI is InChI=1S/C19H24N4O4/c1-14-12-17(22-27-14)21-19(25)18(24)20-8-5-9-23-10-11-26-16(13-23)15-6-3-2-4-7-15/h2-4,6-7,12,16H,5,8-11,13H2,1H3,(H,20,24)(H,21,22,25)/t16-/m1/s1. The van der Waals surface area contributed by atoms with Crippen LogP contribution in [0.1, 0.15) is 23.8 Å². The number of nitrogens with one attached hydrogen (secondary N) is 2. The maximum atomic E-state index is 11.8. The van der Waals surface area contributed by atoms with Crippen molar-refractivity contribution >= 4 is 17.6 Å². The van der Waals surface area contributed by atoms with Crippen LogP contribution in [-0.4, -0.2) is 54.7 Å². The van der Waals surface area contributed by atoms with Crippen molar-refractivity contribution < 1.29 is 18.8 Å². The first-order valence-electron chi connectivity index (χ1n) is 9.03. The van der Waals surface area contributed by atoms with E-state index < -0.39 is 11.8 Å². The molecule has 0 unspecified atom stereocenters. The topological polar surface area (TPSA) is 96.7 Å². The fraction of sp³-hybridized carbons (Fsp3) is 0.421. The molecule has 0 aliphatic carbocycles. The van der Waals surface area contributed by atoms with Crippen LogP contribution in [-0.2, 0) is 14.3 Å². The number of rotatable bonds is 6. The summed E-state index contributed by atoms with van der Waals surface area (Å²) in [4.78, 5) is 25.9. The van der Waals surface area contributed by atoms with Crippen molar-refractivity contribution in [3.63, 3.8) is 0 Å². The highest BCUT2D eigenvalue weighted by Gasteiger charge is 2.21. The smallest absolute Gasteiger partial charge is 0.314 e. The molecule has 1 aromatic heterocycles. The van der Waals surface area contributed by atoms with Crippen molar-refractivity contribution in [3.05, 3.63) is 47.7 Å². The third-order valence-electron chi connectivity index (χ3n) is 4.33. The van der Waals surface area contributed by atoms with Gasteiger partial charge in [-0.2, -0.15) is 0 Å². The quantitative estimate of drug-likeness (QED) is 0.589. The van der Waals surface area contributed by atoms with Gasteiger partial charge < -0.3 is 14.6 Å². The number of anilines is 1. The number of aryl methyl sites for hydroxylation is 1. The number of benzene rings is 1. The van der Waals surface area contributed by atoms with Gasteiger partial charge in [0, 0.05) is 32.2 Å². The second kappa shape index (κ2) is 9.29. The second-order valence-electron chi connectivity index (χ2n) is 6.46. The van der Waals surface area contributed by atoms with E-state index in [1.54, 1.807) is 13.0 Å². The summed E-state index contributed by atoms with van der Waals surface area (Å²) < 4.78 is 10.7. The average Bonchev–Trinajstić information content (AvgIpc) is 3.10. The third-order valence-corrected chi connectivity index (χ3v) is 4.33. The van der Waals surface area contributed by atoms with E-state index in [1.165, 1.54) is 5.56 Å². The fourth-order valence-electron chi connectivity index (χ4n) is 2.96. The van der Waals surface area contributed by atoms with Crippen LogP contribution in [0.15, 0.2) is 40.9 Å². The SMILES string of the molecule is Cc1cc(NC(=O)C(=O)NCCCN2CCO[C@@H](c3ccccc3)C2)no1. The zero-order valence-electron chi connectivity index (χ0n) is 15.3. The Morgan fingerprint density at radius 2 is 2.07 bits per heavy atom. The second-order valence-corrected chi connectivity index (χ2v) is 6.46. The van der Waals surface area contributed by atoms with Crippen molar-refractivity contribution in [2.24, 2.45) is 0 Å². The Bertz CT molecular complexity index is 762. The van der Waals surface area contributed by atoms with Crippen molar-refractivity contribution in [2.75, 3.05) is 38.1 Å². The van der Waals surface area contributed by atoms with Gasteiger partial charge in [-0.05, 0) is 18.9 Å². The molecule has 3 rings (SSSR count). The van der Waals surface area contributed by atoms with Gasteiger partial charge in [0.1, 0.15) is 5.76 Å². The molecule has 8 nitrogen and oxygen atoms in total. The van der Waals surface area contributed by atoms with E-state index in [2.05, 4.69) is 32.8 Å². The Balaban J connectivity index is 1.35. The molecule has 8 heteroatoms. The number of amides is 2. The Labute approximate surface area is 157 Å². The lowest BCUT2D eigenvalue weighted by atomic mass is 10.1. The zero-order chi connectivity index (χ0) is 19.1. The highest BCUT2D eigenvalue weighted by molar-refractivity contribution is 6.39. The van der Waals surface area contributed by atoms with Crippen LogP contribution >= 0.6 is 0 Å². The summed E-state index contributed by atoms with van der Waals surface area (Å²) in [5, 5.41) is 8.64. The fourth-order valence-corrected chi connectivity index (χ4v) is 2.96. The molecule has 2 aromatic rings. The molecule has 1 saturated heterocycles. The lowest BCUT2D eigenvalue weighted by molar-refractivity contribution is -0.136. The average molecular weight is 372 g/mol. The largest absolute Gasteiger partial charge is 0.371 e. The first kappa shape index (κ1) is 19.1. The van der Waals surface area contributed by atoms with Crippen LogP contribution in [0.5, 0.6) is 0 Å². The van der Waals surface area contributed by atoms with Gasteiger partial charge >= 0.3 is 11.8 Å². The molecule has 27 heavy (non-hydrogen) atoms. The van der Waals surface area contributed by atoms with Crippen LogP contribution < -0.4 is 10.6 Å². The van der Waals surface area contributed by atoms with E-state index in [9.17, 15) is 9.59 Å². The van der Waals surface area contributed by atoms with Crippen molar-refractivity contribution in [1.82, 2.24) is 15.4 Å². The first-order valence-corrected chi connectivity index (χ1v) is 9.03. The molecule has 2 amide bonds. The predicted molar refractivity (Wildman–Crippen MR) is 99.1 cm³/mol. The van der Waals surface area contributed by atoms with Crippen molar-refractivity contribution in [1.29, 1.82) is 0 Å². The summed E-state index contributed by atoms with van der Waals surface area (Å²) >= 11 is 0. The van der Waals surface area contributed by atoms with Crippen LogP contribution in [0, 0.1) is 6.92 Å². The van der Waals surface area contributed by atoms with Crippen molar-refractivity contribution in [2.45, 2.75) is 19.4 Å². The summed E-state index contributed by atoms with van der Waals surface area (Å²) in [6.45, 7) is 5.34. The molecular weight excluding hydrogens is 348 g/mol. The van der Waals surface area contributed by atoms with Gasteiger partial charge in [0.05, 0.1) is 12.7 Å². The molecule has 1 aliphatic heterocycles. The predicted octanol–water partition coefficient (Wildman–Crippen LogP) is 1.50. The van der Waals surface area contributed by atoms with Gasteiger partial charge in [0.25, 0.3) is 0 Å². The molecule has 0 radical (unpaired) electrons. The molecule has 1 atom stereocenters. The molecular formula is C19H24N4O4. The Hall–Kier alpha value is -2.71. The van der Waals surface area contributed by atoms with Crippen LogP contribution in [0.25, 0.3) is 0 Å². The third kappa shape index (κ3) is 5.63. The van der Waals surface area contributed by atoms with Crippen LogP contribution in [0.3, 0.4) is 0 Å². The van der Waals surface area contributed by atoms with Gasteiger partial charge in [-0.25, -0.2) is 0 Å². The number of nitrogens with zero attached hydrogens (tertiary/aromatic N) is 2. The van der Waals surface area contributed by atoms with Gasteiger partial charge in [-0.15, -0.1) is 0 Å². The molecule has 0 spiro atoms. The van der Waals surface area contributed by atoms with E-state index in [-0.39, 0.29) is 11.9 Å². The van der Waals surface area contributed by atoms with Crippen LogP contribution in [0.4, 0.5) is 5.82 Å². The lowest BCUT2D eigenvalue weighted by Crippen LogP contribution is -2.41. The number of hydrogen-bond acceptors (Lipinski definition) is 6. The van der Waals surface area contributed by atoms with E-state index in [1.807, 2.05) is 18.2 Å². The number of carbonyl (C=O) groups excluding carboxylic acids is 2. The number of ether oxygens (including phenoxy) is 1. The number of aromatic nitrogens is 1. The number of hydrogen-bond donors (Lipinski definition) is 2. The summed E-state index contributed by atoms with van der Waals surface area (Å²) in [5.41, 5.74) is 1.18. The van der Waals surface area contributed by atoms with E-state index in [4.69, 9.17) is 9.26 Å². The van der Waals surface area contributed by atoms with E-state index in [0.29, 0.717) is 18.9 Å². The Morgan fingerprint density at radius 3 is 2.81 bits per heavy atom. The molecule has 2 heterocycles. The van der Waals surface area contributed by atoms with Crippen LogP contribution in [0.2, 0.25) is 0 Å². The summed E-state index contributed by atoms with van der Waals surface area (Å²) in [6.07, 6.45) is 0.829. The molecule has 0 bridgehead atoms. The van der Waals surface area contributed by atoms with Gasteiger partial charge in [0.2, 0.25) is 0 Å². The number of morpholine rings is 1. The van der Waals surface area contributed by atoms with Gasteiger partial charge in [-0.1, -0.05) is 35.5 Å². The zero-order valence-corrected chi connectivity index (χ0v) is 15.3. The monoisotopic (exact) mass is 372 g/mol. The molecule has 1 aliphatic rings. The molecule has 1 fully saturated rings. The van der Waals surface area contributed by atoms with Gasteiger partial charge in [0.15, 0.2) is 5.82 Å². The minimum absolute atomic E-state index is 0.0752. The summed E-state index contributed by atoms with van der Waals surface area (Å²) in [7, 11) is 0. The Kier molecular flexibility index (Phi) is 6.56. The van der Waals surface area contributed by atoms with E-state index >= 15 is 0 Å². The normalized spacial score (nSPS) is 17.4. The summed E-state index contributed by atoms with van der Waals surface area (Å²) in [5.74, 6) is -0.642. The highest BCUT2D eigenvalue weighted by atomic mass is 16.5. The minimum atomic E-state index is -0.751. The maximum Gasteiger partial charge on any atom is 0.314 e. The van der Waals surface area contributed by atoms with Gasteiger partial charge in [-0.3, -0.25) is 19.8 Å². The highest BCUT2D eigenvalue weighted by Crippen LogP contribution is 2.21. The summed E-state index contributed by atoms with van der Waals surface area (Å²) in [6, 6.07) is 11.7. The molecule has 144 valence electrons. The first-order chi connectivity index (χ1) is 13.1. The van der Waals surface area contributed by atoms with E-state index in [0.717, 1.165) is 26.1 Å². The molecule has 2 N–H and O–H groups in total. The molecule has 0 saturated carbocycles. The Morgan fingerprint density at radius 1 is 1.26 bits per heavy atom. The maximum absolute atomic E-state index is 11.8. The number of carbonyl (C=O) groups is 2. The van der Waals surface area contributed by atoms with Crippen molar-refractivity contribution in [3.8, 4) is 0 Å². The molecule has 1 aromatic carbocycles.